The molecule has 0 aliphatic heterocycles. The van der Waals surface area contributed by atoms with E-state index in [4.69, 9.17) is 14.4 Å². The standard InChI is InChI=1S/C60H41N3O/c1-59(2)48-25-14-12-23-44(48)45-34-33-43(35-51(45)59)63(42-31-29-39(30-32-42)38-17-6-3-7-18-38)52-28-16-27-50-53(52)47-36-61-37-62-58(47)60(50)49-26-15-13-24-46(49)54-55(60)57(41-21-10-5-11-22-41)64-56(54)40-19-8-4-9-20-40/h3-37H,1-2H3. The van der Waals surface area contributed by atoms with E-state index >= 15 is 0 Å². The van der Waals surface area contributed by atoms with Crippen molar-refractivity contribution in [3.8, 4) is 67.2 Å². The second kappa shape index (κ2) is 13.7. The number of anilines is 3. The maximum atomic E-state index is 7.23. The molecule has 0 saturated carbocycles. The fourth-order valence-corrected chi connectivity index (χ4v) is 11.3. The summed E-state index contributed by atoms with van der Waals surface area (Å²) < 4.78 is 7.23. The number of benzene rings is 8. The highest BCUT2D eigenvalue weighted by atomic mass is 16.3. The molecular weight excluding hydrogens is 779 g/mol. The molecule has 0 bridgehead atoms. The maximum absolute atomic E-state index is 7.23. The Morgan fingerprint density at radius 2 is 1.02 bits per heavy atom. The van der Waals surface area contributed by atoms with Gasteiger partial charge < -0.3 is 9.32 Å². The minimum atomic E-state index is -0.804. The summed E-state index contributed by atoms with van der Waals surface area (Å²) in [6.07, 6.45) is 3.74. The van der Waals surface area contributed by atoms with Crippen LogP contribution in [-0.2, 0) is 10.8 Å². The maximum Gasteiger partial charge on any atom is 0.142 e. The van der Waals surface area contributed by atoms with Gasteiger partial charge in [0.1, 0.15) is 17.8 Å². The highest BCUT2D eigenvalue weighted by molar-refractivity contribution is 6.04. The molecule has 0 amide bonds. The highest BCUT2D eigenvalue weighted by Crippen LogP contribution is 2.68. The van der Waals surface area contributed by atoms with Crippen LogP contribution in [0.25, 0.3) is 67.2 Å². The normalized spacial score (nSPS) is 15.5. The first-order chi connectivity index (χ1) is 31.5. The molecule has 13 rings (SSSR count). The molecule has 1 atom stereocenters. The minimum absolute atomic E-state index is 0.177. The van der Waals surface area contributed by atoms with Gasteiger partial charge in [0, 0.05) is 56.4 Å². The Kier molecular flexibility index (Phi) is 7.83. The van der Waals surface area contributed by atoms with E-state index in [1.165, 1.54) is 38.9 Å². The third-order valence-electron chi connectivity index (χ3n) is 14.0. The van der Waals surface area contributed by atoms with Gasteiger partial charge in [-0.15, -0.1) is 0 Å². The van der Waals surface area contributed by atoms with Crippen LogP contribution in [0.4, 0.5) is 17.1 Å². The Balaban J connectivity index is 1.10. The third kappa shape index (κ3) is 4.99. The molecule has 4 heteroatoms. The van der Waals surface area contributed by atoms with Gasteiger partial charge in [0.25, 0.3) is 0 Å². The molecule has 8 aromatic carbocycles. The summed E-state index contributed by atoms with van der Waals surface area (Å²) in [6, 6.07) is 72.3. The first-order valence-corrected chi connectivity index (χ1v) is 22.1. The molecule has 1 spiro atoms. The monoisotopic (exact) mass is 819 g/mol. The first kappa shape index (κ1) is 36.6. The van der Waals surface area contributed by atoms with E-state index < -0.39 is 5.41 Å². The first-order valence-electron chi connectivity index (χ1n) is 22.1. The third-order valence-corrected chi connectivity index (χ3v) is 14.0. The van der Waals surface area contributed by atoms with Crippen molar-refractivity contribution < 1.29 is 4.42 Å². The van der Waals surface area contributed by atoms with Crippen molar-refractivity contribution in [2.75, 3.05) is 4.90 Å². The Morgan fingerprint density at radius 1 is 0.438 bits per heavy atom. The van der Waals surface area contributed by atoms with Gasteiger partial charge in [-0.3, -0.25) is 0 Å². The van der Waals surface area contributed by atoms with Crippen LogP contribution in [0.1, 0.15) is 47.4 Å². The van der Waals surface area contributed by atoms with Gasteiger partial charge >= 0.3 is 0 Å². The zero-order valence-corrected chi connectivity index (χ0v) is 35.5. The van der Waals surface area contributed by atoms with Crippen LogP contribution in [-0.4, -0.2) is 9.97 Å². The van der Waals surface area contributed by atoms with Crippen LogP contribution >= 0.6 is 0 Å². The number of fused-ring (bicyclic) bond motifs is 13. The zero-order valence-electron chi connectivity index (χ0n) is 35.5. The van der Waals surface area contributed by atoms with Gasteiger partial charge in [-0.1, -0.05) is 184 Å². The molecule has 302 valence electrons. The second-order valence-corrected chi connectivity index (χ2v) is 17.7. The van der Waals surface area contributed by atoms with Crippen molar-refractivity contribution in [3.63, 3.8) is 0 Å². The van der Waals surface area contributed by atoms with E-state index in [9.17, 15) is 0 Å². The topological polar surface area (TPSA) is 42.2 Å². The van der Waals surface area contributed by atoms with E-state index in [2.05, 4.69) is 219 Å². The van der Waals surface area contributed by atoms with Crippen molar-refractivity contribution in [1.82, 2.24) is 9.97 Å². The number of rotatable bonds is 6. The predicted octanol–water partition coefficient (Wildman–Crippen LogP) is 15.2. The lowest BCUT2D eigenvalue weighted by atomic mass is 9.71. The van der Waals surface area contributed by atoms with E-state index in [0.29, 0.717) is 0 Å². The molecule has 10 aromatic rings. The van der Waals surface area contributed by atoms with Crippen LogP contribution < -0.4 is 4.90 Å². The van der Waals surface area contributed by atoms with Gasteiger partial charge in [0.05, 0.1) is 16.8 Å². The molecule has 2 heterocycles. The van der Waals surface area contributed by atoms with Crippen molar-refractivity contribution in [2.45, 2.75) is 24.7 Å². The number of hydrogen-bond acceptors (Lipinski definition) is 4. The average Bonchev–Trinajstić information content (AvgIpc) is 4.06. The Labute approximate surface area is 372 Å². The van der Waals surface area contributed by atoms with Crippen LogP contribution in [0.5, 0.6) is 0 Å². The summed E-state index contributed by atoms with van der Waals surface area (Å²) in [5.41, 5.74) is 20.7. The summed E-state index contributed by atoms with van der Waals surface area (Å²) in [4.78, 5) is 12.6. The van der Waals surface area contributed by atoms with Crippen molar-refractivity contribution in [3.05, 3.63) is 246 Å². The molecule has 3 aliphatic rings. The number of aromatic nitrogens is 2. The van der Waals surface area contributed by atoms with Crippen molar-refractivity contribution in [1.29, 1.82) is 0 Å². The molecule has 2 aromatic heterocycles. The molecule has 4 nitrogen and oxygen atoms in total. The van der Waals surface area contributed by atoms with E-state index in [-0.39, 0.29) is 5.41 Å². The quantitative estimate of drug-likeness (QED) is 0.168. The number of furan rings is 1. The van der Waals surface area contributed by atoms with Gasteiger partial charge in [-0.05, 0) is 80.4 Å². The van der Waals surface area contributed by atoms with Gasteiger partial charge in [-0.25, -0.2) is 9.97 Å². The smallest absolute Gasteiger partial charge is 0.142 e. The van der Waals surface area contributed by atoms with Crippen LogP contribution in [0.15, 0.2) is 217 Å². The molecule has 0 saturated heterocycles. The number of hydrogen-bond donors (Lipinski definition) is 0. The Bertz CT molecular complexity index is 3460. The zero-order chi connectivity index (χ0) is 42.6. The lowest BCUT2D eigenvalue weighted by molar-refractivity contribution is 0.586. The summed E-state index contributed by atoms with van der Waals surface area (Å²) in [5, 5.41) is 0. The summed E-state index contributed by atoms with van der Waals surface area (Å²) in [5.74, 6) is 1.71. The summed E-state index contributed by atoms with van der Waals surface area (Å²) in [7, 11) is 0. The highest BCUT2D eigenvalue weighted by Gasteiger charge is 2.57. The second-order valence-electron chi connectivity index (χ2n) is 17.7. The lowest BCUT2D eigenvalue weighted by Gasteiger charge is -2.31. The minimum Gasteiger partial charge on any atom is -0.455 e. The van der Waals surface area contributed by atoms with Crippen molar-refractivity contribution in [2.24, 2.45) is 0 Å². The Hall–Kier alpha value is -8.08. The summed E-state index contributed by atoms with van der Waals surface area (Å²) in [6.45, 7) is 4.71. The average molecular weight is 820 g/mol. The van der Waals surface area contributed by atoms with Crippen molar-refractivity contribution >= 4 is 17.1 Å². The molecule has 3 aliphatic carbocycles. The predicted molar refractivity (Wildman–Crippen MR) is 259 cm³/mol. The number of nitrogens with zero attached hydrogens (tertiary/aromatic N) is 3. The van der Waals surface area contributed by atoms with Gasteiger partial charge in [-0.2, -0.15) is 0 Å². The molecule has 64 heavy (non-hydrogen) atoms. The molecule has 0 fully saturated rings. The Morgan fingerprint density at radius 3 is 1.75 bits per heavy atom. The fraction of sp³-hybridized carbons (Fsp3) is 0.0667. The molecule has 0 N–H and O–H groups in total. The van der Waals surface area contributed by atoms with Crippen LogP contribution in [0.3, 0.4) is 0 Å². The summed E-state index contributed by atoms with van der Waals surface area (Å²) >= 11 is 0. The van der Waals surface area contributed by atoms with Crippen LogP contribution in [0.2, 0.25) is 0 Å². The lowest BCUT2D eigenvalue weighted by Crippen LogP contribution is -2.27. The SMILES string of the molecule is CC1(C)c2ccccc2-c2ccc(N(c3ccc(-c4ccccc4)cc3)c3cccc4c3-c3cncnc3C43c4ccccc4-c4c(-c5ccccc5)oc(-c5ccccc5)c43)cc21. The molecular formula is C60H41N3O. The van der Waals surface area contributed by atoms with E-state index in [1.807, 2.05) is 6.20 Å². The molecule has 1 unspecified atom stereocenters. The van der Waals surface area contributed by atoms with Crippen LogP contribution in [0, 0.1) is 0 Å². The molecule has 0 radical (unpaired) electrons. The fourth-order valence-electron chi connectivity index (χ4n) is 11.3. The largest absolute Gasteiger partial charge is 0.455 e. The van der Waals surface area contributed by atoms with Gasteiger partial charge in [0.15, 0.2) is 0 Å². The van der Waals surface area contributed by atoms with E-state index in [0.717, 1.165) is 78.8 Å². The van der Waals surface area contributed by atoms with Gasteiger partial charge in [0.2, 0.25) is 0 Å². The van der Waals surface area contributed by atoms with E-state index in [1.54, 1.807) is 6.33 Å².